The second-order valence-electron chi connectivity index (χ2n) is 6.73. The number of amides is 1. The van der Waals surface area contributed by atoms with Crippen LogP contribution in [0.2, 0.25) is 0 Å². The molecule has 150 valence electrons. The number of aromatic amines is 1. The summed E-state index contributed by atoms with van der Waals surface area (Å²) >= 11 is 0. The first kappa shape index (κ1) is 19.1. The molecular formula is C22H16FN3O4. The number of rotatable bonds is 4. The van der Waals surface area contributed by atoms with E-state index in [0.717, 1.165) is 18.2 Å². The Morgan fingerprint density at radius 3 is 2.63 bits per heavy atom. The van der Waals surface area contributed by atoms with Crippen LogP contribution in [-0.4, -0.2) is 31.9 Å². The number of carbonyl (C=O) groups excluding carboxylic acids is 2. The van der Waals surface area contributed by atoms with Gasteiger partial charge in [0.2, 0.25) is 5.91 Å². The average Bonchev–Trinajstić information content (AvgIpc) is 3.13. The highest BCUT2D eigenvalue weighted by Gasteiger charge is 2.20. The largest absolute Gasteiger partial charge is 0.508 e. The number of ketones is 1. The number of benzene rings is 2. The highest BCUT2D eigenvalue weighted by atomic mass is 19.1. The summed E-state index contributed by atoms with van der Waals surface area (Å²) in [5.74, 6) is -1.89. The van der Waals surface area contributed by atoms with Crippen molar-refractivity contribution in [3.8, 4) is 22.6 Å². The van der Waals surface area contributed by atoms with E-state index in [1.807, 2.05) is 0 Å². The van der Waals surface area contributed by atoms with E-state index in [9.17, 15) is 24.2 Å². The fraction of sp³-hybridized carbons (Fsp3) is 0.0455. The Bertz CT molecular complexity index is 1310. The zero-order valence-electron chi connectivity index (χ0n) is 15.7. The molecule has 0 bridgehead atoms. The van der Waals surface area contributed by atoms with Crippen molar-refractivity contribution in [2.45, 2.75) is 6.92 Å². The van der Waals surface area contributed by atoms with Gasteiger partial charge in [0.1, 0.15) is 23.0 Å². The minimum Gasteiger partial charge on any atom is -0.508 e. The Kier molecular flexibility index (Phi) is 4.67. The molecule has 0 aliphatic carbocycles. The Morgan fingerprint density at radius 1 is 1.07 bits per heavy atom. The lowest BCUT2D eigenvalue weighted by atomic mass is 10.00. The van der Waals surface area contributed by atoms with Gasteiger partial charge in [-0.15, -0.1) is 0 Å². The van der Waals surface area contributed by atoms with Gasteiger partial charge < -0.3 is 20.5 Å². The van der Waals surface area contributed by atoms with Crippen LogP contribution in [0.5, 0.6) is 11.5 Å². The van der Waals surface area contributed by atoms with Crippen LogP contribution in [-0.2, 0) is 4.79 Å². The first-order valence-corrected chi connectivity index (χ1v) is 8.95. The smallest absolute Gasteiger partial charge is 0.221 e. The van der Waals surface area contributed by atoms with Gasteiger partial charge in [0, 0.05) is 47.1 Å². The monoisotopic (exact) mass is 405 g/mol. The fourth-order valence-electron chi connectivity index (χ4n) is 3.22. The third kappa shape index (κ3) is 3.46. The zero-order chi connectivity index (χ0) is 21.4. The van der Waals surface area contributed by atoms with Gasteiger partial charge in [0.15, 0.2) is 5.78 Å². The van der Waals surface area contributed by atoms with Crippen LogP contribution in [0.3, 0.4) is 0 Å². The number of phenolic OH excluding ortho intramolecular Hbond substituents is 2. The predicted molar refractivity (Wildman–Crippen MR) is 109 cm³/mol. The summed E-state index contributed by atoms with van der Waals surface area (Å²) in [5, 5.41) is 22.9. The Labute approximate surface area is 169 Å². The number of H-pyrrole nitrogens is 1. The van der Waals surface area contributed by atoms with Crippen LogP contribution in [0, 0.1) is 5.82 Å². The van der Waals surface area contributed by atoms with Crippen molar-refractivity contribution in [3.05, 3.63) is 71.8 Å². The summed E-state index contributed by atoms with van der Waals surface area (Å²) in [7, 11) is 0. The number of anilines is 1. The Morgan fingerprint density at radius 2 is 1.87 bits per heavy atom. The van der Waals surface area contributed by atoms with Crippen LogP contribution >= 0.6 is 0 Å². The van der Waals surface area contributed by atoms with E-state index in [2.05, 4.69) is 15.3 Å². The first-order chi connectivity index (χ1) is 14.3. The molecule has 0 saturated carbocycles. The van der Waals surface area contributed by atoms with Crippen molar-refractivity contribution in [2.24, 2.45) is 0 Å². The molecule has 0 radical (unpaired) electrons. The summed E-state index contributed by atoms with van der Waals surface area (Å²) in [6.45, 7) is 1.37. The summed E-state index contributed by atoms with van der Waals surface area (Å²) in [6, 6.07) is 9.47. The van der Waals surface area contributed by atoms with Crippen molar-refractivity contribution < 1.29 is 24.2 Å². The number of aromatic hydroxyl groups is 2. The minimum atomic E-state index is -0.753. The second kappa shape index (κ2) is 7.32. The molecule has 2 heterocycles. The van der Waals surface area contributed by atoms with Gasteiger partial charge in [-0.05, 0) is 42.5 Å². The van der Waals surface area contributed by atoms with Gasteiger partial charge in [-0.25, -0.2) is 9.37 Å². The van der Waals surface area contributed by atoms with Crippen molar-refractivity contribution >= 4 is 28.4 Å². The van der Waals surface area contributed by atoms with Crippen molar-refractivity contribution in [1.82, 2.24) is 9.97 Å². The molecule has 0 aliphatic heterocycles. The lowest BCUT2D eigenvalue weighted by Crippen LogP contribution is -2.05. The quantitative estimate of drug-likeness (QED) is 0.303. The normalized spacial score (nSPS) is 10.9. The summed E-state index contributed by atoms with van der Waals surface area (Å²) in [4.78, 5) is 31.3. The van der Waals surface area contributed by atoms with E-state index >= 15 is 0 Å². The van der Waals surface area contributed by atoms with Crippen LogP contribution < -0.4 is 5.32 Å². The molecule has 4 rings (SSSR count). The number of carbonyl (C=O) groups is 2. The number of aromatic nitrogens is 2. The number of hydrogen-bond donors (Lipinski definition) is 4. The van der Waals surface area contributed by atoms with Gasteiger partial charge in [0.25, 0.3) is 0 Å². The first-order valence-electron chi connectivity index (χ1n) is 8.95. The number of halogens is 1. The number of pyridine rings is 1. The molecule has 0 aliphatic rings. The van der Waals surface area contributed by atoms with Crippen LogP contribution in [0.25, 0.3) is 22.2 Å². The third-order valence-corrected chi connectivity index (χ3v) is 4.60. The SMILES string of the molecule is CC(=O)Nc1ccc(O)c(-c2cnc3[nH]cc(C(=O)c4cc(O)ccc4F)c3c2)c1. The van der Waals surface area contributed by atoms with E-state index < -0.39 is 11.6 Å². The summed E-state index contributed by atoms with van der Waals surface area (Å²) < 4.78 is 14.1. The lowest BCUT2D eigenvalue weighted by Gasteiger charge is -2.09. The highest BCUT2D eigenvalue weighted by molar-refractivity contribution is 6.16. The minimum absolute atomic E-state index is 0.0345. The average molecular weight is 405 g/mol. The lowest BCUT2D eigenvalue weighted by molar-refractivity contribution is -0.114. The zero-order valence-corrected chi connectivity index (χ0v) is 15.7. The molecular weight excluding hydrogens is 389 g/mol. The molecule has 0 saturated heterocycles. The molecule has 30 heavy (non-hydrogen) atoms. The molecule has 1 amide bonds. The van der Waals surface area contributed by atoms with Gasteiger partial charge >= 0.3 is 0 Å². The number of hydrogen-bond acceptors (Lipinski definition) is 5. The standard InChI is InChI=1S/C22H16FN3O4/c1-11(27)26-13-2-5-20(29)15(7-13)12-6-16-18(10-25-22(16)24-9-12)21(30)17-8-14(28)3-4-19(17)23/h2-10,28-29H,1H3,(H,24,25)(H,26,27). The summed E-state index contributed by atoms with van der Waals surface area (Å²) in [5.41, 5.74) is 1.69. The number of fused-ring (bicyclic) bond motifs is 1. The molecule has 0 spiro atoms. The van der Waals surface area contributed by atoms with Crippen LogP contribution in [0.4, 0.5) is 10.1 Å². The van der Waals surface area contributed by atoms with E-state index in [4.69, 9.17) is 0 Å². The third-order valence-electron chi connectivity index (χ3n) is 4.60. The topological polar surface area (TPSA) is 115 Å². The maximum Gasteiger partial charge on any atom is 0.221 e. The molecule has 0 unspecified atom stereocenters. The molecule has 7 nitrogen and oxygen atoms in total. The summed E-state index contributed by atoms with van der Waals surface area (Å²) in [6.07, 6.45) is 2.93. The maximum absolute atomic E-state index is 14.1. The Hall–Kier alpha value is -4.20. The van der Waals surface area contributed by atoms with E-state index in [1.165, 1.54) is 25.4 Å². The van der Waals surface area contributed by atoms with Gasteiger partial charge in [-0.1, -0.05) is 0 Å². The van der Waals surface area contributed by atoms with Gasteiger partial charge in [-0.2, -0.15) is 0 Å². The molecule has 4 N–H and O–H groups in total. The van der Waals surface area contributed by atoms with Crippen LogP contribution in [0.15, 0.2) is 54.9 Å². The highest BCUT2D eigenvalue weighted by Crippen LogP contribution is 2.34. The molecule has 0 fully saturated rings. The van der Waals surface area contributed by atoms with E-state index in [-0.39, 0.29) is 28.5 Å². The van der Waals surface area contributed by atoms with Crippen molar-refractivity contribution in [1.29, 1.82) is 0 Å². The molecule has 0 atom stereocenters. The number of phenols is 2. The number of nitrogens with zero attached hydrogens (tertiary/aromatic N) is 1. The van der Waals surface area contributed by atoms with Gasteiger partial charge in [0.05, 0.1) is 5.56 Å². The second-order valence-corrected chi connectivity index (χ2v) is 6.73. The predicted octanol–water partition coefficient (Wildman–Crippen LogP) is 3.97. The molecule has 8 heteroatoms. The fourth-order valence-corrected chi connectivity index (χ4v) is 3.22. The van der Waals surface area contributed by atoms with Crippen LogP contribution in [0.1, 0.15) is 22.8 Å². The molecule has 2 aromatic carbocycles. The Balaban J connectivity index is 1.82. The van der Waals surface area contributed by atoms with Crippen molar-refractivity contribution in [2.75, 3.05) is 5.32 Å². The van der Waals surface area contributed by atoms with Gasteiger partial charge in [-0.3, -0.25) is 9.59 Å². The molecule has 2 aromatic heterocycles. The van der Waals surface area contributed by atoms with E-state index in [1.54, 1.807) is 18.2 Å². The van der Waals surface area contributed by atoms with E-state index in [0.29, 0.717) is 27.8 Å². The van der Waals surface area contributed by atoms with Crippen molar-refractivity contribution in [3.63, 3.8) is 0 Å². The maximum atomic E-state index is 14.1. The number of nitrogens with one attached hydrogen (secondary N) is 2. The molecule has 4 aromatic rings.